The fourth-order valence-electron chi connectivity index (χ4n) is 1.82. The van der Waals surface area contributed by atoms with E-state index in [2.05, 4.69) is 10.4 Å². The van der Waals surface area contributed by atoms with E-state index in [4.69, 9.17) is 10.7 Å². The topological polar surface area (TPSA) is 81.1 Å². The Morgan fingerprint density at radius 2 is 1.95 bits per heavy atom. The average molecular weight is 328 g/mol. The SMILES string of the molecule is CC(NC(=O)c1cnn(C)c1)c1ccc(S(=O)(=O)Cl)cc1. The van der Waals surface area contributed by atoms with E-state index in [1.54, 1.807) is 37.0 Å². The van der Waals surface area contributed by atoms with Crippen LogP contribution in [0.25, 0.3) is 0 Å². The Morgan fingerprint density at radius 3 is 2.43 bits per heavy atom. The molecule has 0 aliphatic heterocycles. The number of halogens is 1. The molecule has 0 fully saturated rings. The number of amides is 1. The predicted octanol–water partition coefficient (Wildman–Crippen LogP) is 1.84. The molecule has 0 radical (unpaired) electrons. The summed E-state index contributed by atoms with van der Waals surface area (Å²) in [5.41, 5.74) is 1.24. The van der Waals surface area contributed by atoms with Gasteiger partial charge in [-0.3, -0.25) is 9.48 Å². The molecule has 1 aromatic carbocycles. The number of nitrogens with one attached hydrogen (secondary N) is 1. The van der Waals surface area contributed by atoms with Gasteiger partial charge in [0.1, 0.15) is 0 Å². The highest BCUT2D eigenvalue weighted by atomic mass is 35.7. The molecule has 1 amide bonds. The minimum absolute atomic E-state index is 0.0266. The monoisotopic (exact) mass is 327 g/mol. The van der Waals surface area contributed by atoms with Gasteiger partial charge in [0.15, 0.2) is 0 Å². The van der Waals surface area contributed by atoms with Crippen LogP contribution in [0.15, 0.2) is 41.6 Å². The first-order valence-electron chi connectivity index (χ1n) is 6.11. The number of hydrogen-bond acceptors (Lipinski definition) is 4. The van der Waals surface area contributed by atoms with Crippen LogP contribution in [0.5, 0.6) is 0 Å². The Balaban J connectivity index is 2.10. The lowest BCUT2D eigenvalue weighted by atomic mass is 10.1. The van der Waals surface area contributed by atoms with Crippen LogP contribution in [0.1, 0.15) is 28.9 Å². The van der Waals surface area contributed by atoms with Crippen LogP contribution in [0.2, 0.25) is 0 Å². The number of aromatic nitrogens is 2. The van der Waals surface area contributed by atoms with Crippen molar-refractivity contribution >= 4 is 25.6 Å². The van der Waals surface area contributed by atoms with Crippen LogP contribution in [0.4, 0.5) is 0 Å². The molecule has 0 aliphatic rings. The van der Waals surface area contributed by atoms with Crippen molar-refractivity contribution in [1.29, 1.82) is 0 Å². The number of carbonyl (C=O) groups excluding carboxylic acids is 1. The Hall–Kier alpha value is -1.86. The zero-order valence-corrected chi connectivity index (χ0v) is 13.0. The van der Waals surface area contributed by atoms with Crippen molar-refractivity contribution in [1.82, 2.24) is 15.1 Å². The number of hydrogen-bond donors (Lipinski definition) is 1. The van der Waals surface area contributed by atoms with Crippen molar-refractivity contribution in [2.45, 2.75) is 17.9 Å². The van der Waals surface area contributed by atoms with Crippen LogP contribution in [-0.4, -0.2) is 24.1 Å². The number of carbonyl (C=O) groups is 1. The third kappa shape index (κ3) is 3.83. The number of benzene rings is 1. The molecule has 1 N–H and O–H groups in total. The summed E-state index contributed by atoms with van der Waals surface area (Å²) >= 11 is 0. The van der Waals surface area contributed by atoms with E-state index >= 15 is 0 Å². The van der Waals surface area contributed by atoms with Crippen LogP contribution in [0, 0.1) is 0 Å². The largest absolute Gasteiger partial charge is 0.345 e. The van der Waals surface area contributed by atoms with Gasteiger partial charge in [-0.15, -0.1) is 0 Å². The molecule has 0 aliphatic carbocycles. The first-order chi connectivity index (χ1) is 9.77. The number of aryl methyl sites for hydroxylation is 1. The highest BCUT2D eigenvalue weighted by molar-refractivity contribution is 8.13. The molecular weight excluding hydrogens is 314 g/mol. The van der Waals surface area contributed by atoms with Crippen LogP contribution in [-0.2, 0) is 16.1 Å². The van der Waals surface area contributed by atoms with Crippen molar-refractivity contribution in [3.63, 3.8) is 0 Å². The summed E-state index contributed by atoms with van der Waals surface area (Å²) in [6, 6.07) is 5.77. The molecular formula is C13H14ClN3O3S. The third-order valence-electron chi connectivity index (χ3n) is 2.98. The van der Waals surface area contributed by atoms with Gasteiger partial charge in [-0.25, -0.2) is 8.42 Å². The van der Waals surface area contributed by atoms with Gasteiger partial charge in [0.25, 0.3) is 15.0 Å². The molecule has 21 heavy (non-hydrogen) atoms. The first kappa shape index (κ1) is 15.5. The first-order valence-corrected chi connectivity index (χ1v) is 8.42. The Bertz CT molecular complexity index is 753. The molecule has 112 valence electrons. The van der Waals surface area contributed by atoms with E-state index in [0.29, 0.717) is 5.56 Å². The van der Waals surface area contributed by atoms with E-state index < -0.39 is 9.05 Å². The second-order valence-electron chi connectivity index (χ2n) is 4.60. The Morgan fingerprint density at radius 1 is 1.33 bits per heavy atom. The highest BCUT2D eigenvalue weighted by Crippen LogP contribution is 2.19. The molecule has 2 rings (SSSR count). The molecule has 0 saturated heterocycles. The Labute approximate surface area is 127 Å². The maximum absolute atomic E-state index is 12.0. The van der Waals surface area contributed by atoms with Gasteiger partial charge in [-0.2, -0.15) is 5.10 Å². The average Bonchev–Trinajstić information content (AvgIpc) is 2.84. The molecule has 0 spiro atoms. The highest BCUT2D eigenvalue weighted by Gasteiger charge is 2.14. The van der Waals surface area contributed by atoms with E-state index in [-0.39, 0.29) is 16.8 Å². The van der Waals surface area contributed by atoms with Gasteiger partial charge in [0.05, 0.1) is 22.7 Å². The molecule has 1 unspecified atom stereocenters. The fraction of sp³-hybridized carbons (Fsp3) is 0.231. The summed E-state index contributed by atoms with van der Waals surface area (Å²) in [5, 5.41) is 6.74. The van der Waals surface area contributed by atoms with Gasteiger partial charge < -0.3 is 5.32 Å². The van der Waals surface area contributed by atoms with Gasteiger partial charge >= 0.3 is 0 Å². The minimum atomic E-state index is -3.73. The Kier molecular flexibility index (Phi) is 4.34. The molecule has 0 saturated carbocycles. The molecule has 8 heteroatoms. The number of rotatable bonds is 4. The van der Waals surface area contributed by atoms with Gasteiger partial charge in [0.2, 0.25) is 0 Å². The van der Waals surface area contributed by atoms with E-state index in [9.17, 15) is 13.2 Å². The van der Waals surface area contributed by atoms with Crippen molar-refractivity contribution in [2.75, 3.05) is 0 Å². The maximum atomic E-state index is 12.0. The molecule has 2 aromatic rings. The van der Waals surface area contributed by atoms with Crippen molar-refractivity contribution < 1.29 is 13.2 Å². The summed E-state index contributed by atoms with van der Waals surface area (Å²) in [6.45, 7) is 1.80. The quantitative estimate of drug-likeness (QED) is 0.869. The molecule has 1 atom stereocenters. The lowest BCUT2D eigenvalue weighted by Crippen LogP contribution is -2.26. The standard InChI is InChI=1S/C13H14ClN3O3S/c1-9(16-13(18)11-7-15-17(2)8-11)10-3-5-12(6-4-10)21(14,19)20/h3-9H,1-2H3,(H,16,18). The lowest BCUT2D eigenvalue weighted by Gasteiger charge is -2.13. The fourth-order valence-corrected chi connectivity index (χ4v) is 2.59. The molecule has 1 aromatic heterocycles. The second kappa shape index (κ2) is 5.87. The van der Waals surface area contributed by atoms with Gasteiger partial charge in [-0.1, -0.05) is 12.1 Å². The van der Waals surface area contributed by atoms with Crippen molar-refractivity contribution in [3.05, 3.63) is 47.8 Å². The van der Waals surface area contributed by atoms with Crippen LogP contribution in [0.3, 0.4) is 0 Å². The van der Waals surface area contributed by atoms with Gasteiger partial charge in [0, 0.05) is 23.9 Å². The second-order valence-corrected chi connectivity index (χ2v) is 7.17. The normalized spacial score (nSPS) is 12.9. The van der Waals surface area contributed by atoms with Crippen LogP contribution < -0.4 is 5.32 Å². The van der Waals surface area contributed by atoms with Crippen LogP contribution >= 0.6 is 10.7 Å². The summed E-state index contributed by atoms with van der Waals surface area (Å²) in [7, 11) is 3.24. The van der Waals surface area contributed by atoms with Crippen molar-refractivity contribution in [2.24, 2.45) is 7.05 Å². The predicted molar refractivity (Wildman–Crippen MR) is 78.6 cm³/mol. The maximum Gasteiger partial charge on any atom is 0.261 e. The molecule has 0 bridgehead atoms. The summed E-state index contributed by atoms with van der Waals surface area (Å²) in [4.78, 5) is 12.0. The van der Waals surface area contributed by atoms with E-state index in [0.717, 1.165) is 5.56 Å². The van der Waals surface area contributed by atoms with E-state index in [1.807, 2.05) is 0 Å². The lowest BCUT2D eigenvalue weighted by molar-refractivity contribution is 0.0940. The summed E-state index contributed by atoms with van der Waals surface area (Å²) < 4.78 is 23.9. The number of nitrogens with zero attached hydrogens (tertiary/aromatic N) is 2. The minimum Gasteiger partial charge on any atom is -0.345 e. The molecule has 1 heterocycles. The summed E-state index contributed by atoms with van der Waals surface area (Å²) in [5.74, 6) is -0.246. The smallest absolute Gasteiger partial charge is 0.261 e. The zero-order chi connectivity index (χ0) is 15.6. The van der Waals surface area contributed by atoms with Crippen molar-refractivity contribution in [3.8, 4) is 0 Å². The zero-order valence-electron chi connectivity index (χ0n) is 11.4. The molecule has 6 nitrogen and oxygen atoms in total. The van der Waals surface area contributed by atoms with E-state index in [1.165, 1.54) is 18.3 Å². The van der Waals surface area contributed by atoms with Gasteiger partial charge in [-0.05, 0) is 24.6 Å². The third-order valence-corrected chi connectivity index (χ3v) is 4.35. The summed E-state index contributed by atoms with van der Waals surface area (Å²) in [6.07, 6.45) is 3.09.